The standard InChI is InChI=1S/C13H21N3O/c1-12-10-14-13(15-11-12)17-9-5-8-16-6-3-2-4-7-16/h10-11H,2-9H2,1H3. The van der Waals surface area contributed by atoms with Crippen LogP contribution in [-0.2, 0) is 0 Å². The number of nitrogens with zero attached hydrogens (tertiary/aromatic N) is 3. The Bertz CT molecular complexity index is 320. The Balaban J connectivity index is 1.60. The molecule has 0 spiro atoms. The van der Waals surface area contributed by atoms with Gasteiger partial charge in [-0.15, -0.1) is 0 Å². The molecule has 1 aromatic heterocycles. The first-order chi connectivity index (χ1) is 8.34. The van der Waals surface area contributed by atoms with Crippen LogP contribution in [0.4, 0.5) is 0 Å². The van der Waals surface area contributed by atoms with E-state index < -0.39 is 0 Å². The third-order valence-electron chi connectivity index (χ3n) is 3.06. The average molecular weight is 235 g/mol. The van der Waals surface area contributed by atoms with Gasteiger partial charge in [-0.1, -0.05) is 6.42 Å². The van der Waals surface area contributed by atoms with Crippen LogP contribution in [0, 0.1) is 6.92 Å². The van der Waals surface area contributed by atoms with Crippen molar-refractivity contribution in [2.45, 2.75) is 32.6 Å². The fourth-order valence-corrected chi connectivity index (χ4v) is 2.09. The Morgan fingerprint density at radius 2 is 1.88 bits per heavy atom. The highest BCUT2D eigenvalue weighted by Gasteiger charge is 2.09. The van der Waals surface area contributed by atoms with Gasteiger partial charge in [0.15, 0.2) is 0 Å². The van der Waals surface area contributed by atoms with Gasteiger partial charge in [-0.2, -0.15) is 0 Å². The first-order valence-electron chi connectivity index (χ1n) is 6.48. The van der Waals surface area contributed by atoms with E-state index in [0.717, 1.165) is 18.5 Å². The summed E-state index contributed by atoms with van der Waals surface area (Å²) in [5.41, 5.74) is 1.06. The monoisotopic (exact) mass is 235 g/mol. The summed E-state index contributed by atoms with van der Waals surface area (Å²) in [6.07, 6.45) is 8.71. The van der Waals surface area contributed by atoms with E-state index in [1.807, 2.05) is 6.92 Å². The molecular weight excluding hydrogens is 214 g/mol. The normalized spacial score (nSPS) is 17.0. The lowest BCUT2D eigenvalue weighted by Gasteiger charge is -2.26. The Morgan fingerprint density at radius 1 is 1.18 bits per heavy atom. The molecule has 4 nitrogen and oxygen atoms in total. The molecule has 0 atom stereocenters. The molecule has 0 aromatic carbocycles. The van der Waals surface area contributed by atoms with Crippen LogP contribution in [0.5, 0.6) is 6.01 Å². The average Bonchev–Trinajstić information content (AvgIpc) is 2.38. The smallest absolute Gasteiger partial charge is 0.316 e. The number of ether oxygens (including phenoxy) is 1. The number of rotatable bonds is 5. The van der Waals surface area contributed by atoms with E-state index in [2.05, 4.69) is 14.9 Å². The van der Waals surface area contributed by atoms with E-state index in [1.165, 1.54) is 32.4 Å². The molecule has 1 fully saturated rings. The van der Waals surface area contributed by atoms with Gasteiger partial charge in [0.05, 0.1) is 6.61 Å². The second-order valence-electron chi connectivity index (χ2n) is 4.65. The minimum absolute atomic E-state index is 0.495. The van der Waals surface area contributed by atoms with E-state index in [-0.39, 0.29) is 0 Å². The lowest BCUT2D eigenvalue weighted by molar-refractivity contribution is 0.200. The van der Waals surface area contributed by atoms with Crippen molar-refractivity contribution in [2.75, 3.05) is 26.2 Å². The van der Waals surface area contributed by atoms with E-state index in [4.69, 9.17) is 4.74 Å². The van der Waals surface area contributed by atoms with Crippen LogP contribution in [-0.4, -0.2) is 41.1 Å². The second kappa shape index (κ2) is 6.55. The van der Waals surface area contributed by atoms with Crippen LogP contribution in [0.3, 0.4) is 0 Å². The van der Waals surface area contributed by atoms with Crippen LogP contribution in [0.1, 0.15) is 31.2 Å². The minimum Gasteiger partial charge on any atom is -0.463 e. The third kappa shape index (κ3) is 4.30. The van der Waals surface area contributed by atoms with E-state index in [0.29, 0.717) is 12.6 Å². The molecule has 0 N–H and O–H groups in total. The molecular formula is C13H21N3O. The summed E-state index contributed by atoms with van der Waals surface area (Å²) >= 11 is 0. The SMILES string of the molecule is Cc1cnc(OCCCN2CCCCC2)nc1. The Morgan fingerprint density at radius 3 is 2.59 bits per heavy atom. The van der Waals surface area contributed by atoms with E-state index in [9.17, 15) is 0 Å². The fraction of sp³-hybridized carbons (Fsp3) is 0.692. The van der Waals surface area contributed by atoms with Crippen molar-refractivity contribution in [3.05, 3.63) is 18.0 Å². The maximum atomic E-state index is 5.50. The molecule has 1 saturated heterocycles. The second-order valence-corrected chi connectivity index (χ2v) is 4.65. The molecule has 0 radical (unpaired) electrons. The van der Waals surface area contributed by atoms with Gasteiger partial charge in [-0.05, 0) is 44.8 Å². The van der Waals surface area contributed by atoms with Crippen molar-refractivity contribution in [1.82, 2.24) is 14.9 Å². The minimum atomic E-state index is 0.495. The zero-order valence-corrected chi connectivity index (χ0v) is 10.6. The fourth-order valence-electron chi connectivity index (χ4n) is 2.09. The lowest BCUT2D eigenvalue weighted by Crippen LogP contribution is -2.31. The van der Waals surface area contributed by atoms with E-state index in [1.54, 1.807) is 12.4 Å². The summed E-state index contributed by atoms with van der Waals surface area (Å²) in [5.74, 6) is 0. The highest BCUT2D eigenvalue weighted by atomic mass is 16.5. The molecule has 0 unspecified atom stereocenters. The Labute approximate surface area is 103 Å². The predicted molar refractivity (Wildman–Crippen MR) is 67.2 cm³/mol. The predicted octanol–water partition coefficient (Wildman–Crippen LogP) is 2.04. The highest BCUT2D eigenvalue weighted by Crippen LogP contribution is 2.09. The van der Waals surface area contributed by atoms with Crippen molar-refractivity contribution in [3.8, 4) is 6.01 Å². The Kier molecular flexibility index (Phi) is 4.74. The number of hydrogen-bond donors (Lipinski definition) is 0. The lowest BCUT2D eigenvalue weighted by atomic mass is 10.1. The molecule has 1 aromatic rings. The number of hydrogen-bond acceptors (Lipinski definition) is 4. The molecule has 0 saturated carbocycles. The van der Waals surface area contributed by atoms with Crippen LogP contribution in [0.25, 0.3) is 0 Å². The maximum Gasteiger partial charge on any atom is 0.316 e. The molecule has 0 amide bonds. The third-order valence-corrected chi connectivity index (χ3v) is 3.06. The summed E-state index contributed by atoms with van der Waals surface area (Å²) < 4.78 is 5.50. The first kappa shape index (κ1) is 12.3. The Hall–Kier alpha value is -1.16. The quantitative estimate of drug-likeness (QED) is 0.732. The van der Waals surface area contributed by atoms with Gasteiger partial charge >= 0.3 is 6.01 Å². The van der Waals surface area contributed by atoms with Gasteiger partial charge in [0.1, 0.15) is 0 Å². The number of piperidine rings is 1. The topological polar surface area (TPSA) is 38.2 Å². The van der Waals surface area contributed by atoms with E-state index >= 15 is 0 Å². The summed E-state index contributed by atoms with van der Waals surface area (Å²) in [6.45, 7) is 6.31. The van der Waals surface area contributed by atoms with Crippen molar-refractivity contribution in [3.63, 3.8) is 0 Å². The molecule has 1 aliphatic heterocycles. The van der Waals surface area contributed by atoms with Gasteiger partial charge < -0.3 is 9.64 Å². The zero-order chi connectivity index (χ0) is 11.9. The molecule has 1 aliphatic rings. The van der Waals surface area contributed by atoms with Crippen LogP contribution < -0.4 is 4.74 Å². The molecule has 94 valence electrons. The van der Waals surface area contributed by atoms with Crippen LogP contribution in [0.15, 0.2) is 12.4 Å². The van der Waals surface area contributed by atoms with Gasteiger partial charge in [-0.3, -0.25) is 0 Å². The van der Waals surface area contributed by atoms with Crippen molar-refractivity contribution < 1.29 is 4.74 Å². The van der Waals surface area contributed by atoms with Gasteiger partial charge in [0.2, 0.25) is 0 Å². The molecule has 0 aliphatic carbocycles. The highest BCUT2D eigenvalue weighted by molar-refractivity contribution is 5.04. The van der Waals surface area contributed by atoms with Gasteiger partial charge in [-0.25, -0.2) is 9.97 Å². The van der Waals surface area contributed by atoms with Crippen LogP contribution >= 0.6 is 0 Å². The summed E-state index contributed by atoms with van der Waals surface area (Å²) in [6, 6.07) is 0.495. The summed E-state index contributed by atoms with van der Waals surface area (Å²) in [7, 11) is 0. The zero-order valence-electron chi connectivity index (χ0n) is 10.6. The molecule has 17 heavy (non-hydrogen) atoms. The van der Waals surface area contributed by atoms with Crippen molar-refractivity contribution in [2.24, 2.45) is 0 Å². The number of aromatic nitrogens is 2. The molecule has 4 heteroatoms. The van der Waals surface area contributed by atoms with Gasteiger partial charge in [0, 0.05) is 18.9 Å². The number of aryl methyl sites for hydroxylation is 1. The number of likely N-dealkylation sites (tertiary alicyclic amines) is 1. The largest absolute Gasteiger partial charge is 0.463 e. The molecule has 2 rings (SSSR count). The van der Waals surface area contributed by atoms with Crippen molar-refractivity contribution >= 4 is 0 Å². The van der Waals surface area contributed by atoms with Gasteiger partial charge in [0.25, 0.3) is 0 Å². The first-order valence-corrected chi connectivity index (χ1v) is 6.48. The molecule has 2 heterocycles. The maximum absolute atomic E-state index is 5.50. The summed E-state index contributed by atoms with van der Waals surface area (Å²) in [4.78, 5) is 10.7. The van der Waals surface area contributed by atoms with Crippen LogP contribution in [0.2, 0.25) is 0 Å². The van der Waals surface area contributed by atoms with Crippen molar-refractivity contribution in [1.29, 1.82) is 0 Å². The molecule has 0 bridgehead atoms. The summed E-state index contributed by atoms with van der Waals surface area (Å²) in [5, 5.41) is 0.